The lowest BCUT2D eigenvalue weighted by Crippen LogP contribution is -2.37. The van der Waals surface area contributed by atoms with E-state index < -0.39 is 0 Å². The Morgan fingerprint density at radius 3 is 2.69 bits per heavy atom. The van der Waals surface area contributed by atoms with Crippen LogP contribution in [0.25, 0.3) is 0 Å². The van der Waals surface area contributed by atoms with Crippen LogP contribution in [0.3, 0.4) is 0 Å². The van der Waals surface area contributed by atoms with Gasteiger partial charge in [-0.1, -0.05) is 11.6 Å². The minimum absolute atomic E-state index is 0.137. The molecule has 1 heterocycles. The number of likely N-dealkylation sites (N-methyl/N-ethyl adjacent to an activating group) is 1. The molecule has 1 aliphatic rings. The smallest absolute Gasteiger partial charge is 0.0931 e. The lowest BCUT2D eigenvalue weighted by atomic mass is 10.1. The summed E-state index contributed by atoms with van der Waals surface area (Å²) in [5, 5.41) is 0. The van der Waals surface area contributed by atoms with Crippen molar-refractivity contribution in [3.63, 3.8) is 0 Å². The summed E-state index contributed by atoms with van der Waals surface area (Å²) in [4.78, 5) is 3.66. The molecule has 16 heavy (non-hydrogen) atoms. The van der Waals surface area contributed by atoms with Crippen molar-refractivity contribution < 1.29 is 0 Å². The molecular formula is C12H19ClN2S. The summed E-state index contributed by atoms with van der Waals surface area (Å²) in [5.41, 5.74) is 6.10. The Kier molecular flexibility index (Phi) is 3.90. The second kappa shape index (κ2) is 5.05. The monoisotopic (exact) mass is 258 g/mol. The Morgan fingerprint density at radius 2 is 2.25 bits per heavy atom. The van der Waals surface area contributed by atoms with E-state index in [1.165, 1.54) is 17.7 Å². The van der Waals surface area contributed by atoms with Crippen molar-refractivity contribution in [3.8, 4) is 0 Å². The van der Waals surface area contributed by atoms with Crippen LogP contribution >= 0.6 is 22.9 Å². The molecule has 1 aliphatic carbocycles. The second-order valence-electron chi connectivity index (χ2n) is 4.83. The summed E-state index contributed by atoms with van der Waals surface area (Å²) in [5.74, 6) is 0.890. The predicted octanol–water partition coefficient (Wildman–Crippen LogP) is 3.13. The van der Waals surface area contributed by atoms with E-state index in [1.54, 1.807) is 11.3 Å². The number of hydrogen-bond acceptors (Lipinski definition) is 3. The van der Waals surface area contributed by atoms with E-state index in [9.17, 15) is 0 Å². The average Bonchev–Trinajstić information content (AvgIpc) is 2.89. The fourth-order valence-electron chi connectivity index (χ4n) is 2.19. The number of nitrogens with two attached hydrogens (primary N) is 1. The van der Waals surface area contributed by atoms with Gasteiger partial charge < -0.3 is 5.73 Å². The minimum Gasteiger partial charge on any atom is -0.326 e. The Hall–Kier alpha value is -0.0900. The molecule has 1 saturated carbocycles. The first-order valence-corrected chi connectivity index (χ1v) is 6.98. The molecule has 2 atom stereocenters. The van der Waals surface area contributed by atoms with Gasteiger partial charge in [-0.05, 0) is 44.9 Å². The zero-order valence-corrected chi connectivity index (χ0v) is 11.4. The van der Waals surface area contributed by atoms with Crippen LogP contribution < -0.4 is 5.73 Å². The van der Waals surface area contributed by atoms with Crippen LogP contribution in [0.4, 0.5) is 0 Å². The molecule has 0 radical (unpaired) electrons. The first kappa shape index (κ1) is 12.4. The average molecular weight is 259 g/mol. The van der Waals surface area contributed by atoms with Crippen molar-refractivity contribution in [1.82, 2.24) is 4.90 Å². The highest BCUT2D eigenvalue weighted by atomic mass is 35.5. The molecule has 2 rings (SSSR count). The summed E-state index contributed by atoms with van der Waals surface area (Å²) < 4.78 is 0.848. The third-order valence-corrected chi connectivity index (χ3v) is 4.40. The van der Waals surface area contributed by atoms with E-state index in [0.29, 0.717) is 6.04 Å². The largest absolute Gasteiger partial charge is 0.326 e. The van der Waals surface area contributed by atoms with Crippen molar-refractivity contribution in [2.24, 2.45) is 11.7 Å². The topological polar surface area (TPSA) is 29.3 Å². The highest BCUT2D eigenvalue weighted by molar-refractivity contribution is 7.16. The highest BCUT2D eigenvalue weighted by Gasteiger charge is 2.29. The van der Waals surface area contributed by atoms with E-state index in [0.717, 1.165) is 16.8 Å². The molecule has 1 fully saturated rings. The molecular weight excluding hydrogens is 240 g/mol. The van der Waals surface area contributed by atoms with Crippen molar-refractivity contribution in [3.05, 3.63) is 21.3 Å². The molecule has 0 aliphatic heterocycles. The van der Waals surface area contributed by atoms with Crippen LogP contribution in [-0.4, -0.2) is 24.5 Å². The third-order valence-electron chi connectivity index (χ3n) is 3.10. The van der Waals surface area contributed by atoms with Gasteiger partial charge in [0.15, 0.2) is 0 Å². The van der Waals surface area contributed by atoms with Crippen LogP contribution in [0.2, 0.25) is 4.34 Å². The predicted molar refractivity (Wildman–Crippen MR) is 71.1 cm³/mol. The second-order valence-corrected chi connectivity index (χ2v) is 6.58. The van der Waals surface area contributed by atoms with Gasteiger partial charge in [0.2, 0.25) is 0 Å². The molecule has 0 bridgehead atoms. The molecule has 0 amide bonds. The van der Waals surface area contributed by atoms with E-state index in [1.807, 2.05) is 6.07 Å². The zero-order valence-electron chi connectivity index (χ0n) is 9.82. The maximum Gasteiger partial charge on any atom is 0.0931 e. The number of nitrogens with zero attached hydrogens (tertiary/aromatic N) is 1. The van der Waals surface area contributed by atoms with E-state index in [-0.39, 0.29) is 6.04 Å². The Bertz CT molecular complexity index is 347. The molecule has 0 saturated heterocycles. The minimum atomic E-state index is 0.137. The molecule has 1 aromatic heterocycles. The van der Waals surface area contributed by atoms with Gasteiger partial charge in [0.05, 0.1) is 10.4 Å². The number of rotatable bonds is 5. The summed E-state index contributed by atoms with van der Waals surface area (Å²) >= 11 is 7.63. The van der Waals surface area contributed by atoms with Crippen LogP contribution in [-0.2, 0) is 0 Å². The third kappa shape index (κ3) is 2.98. The van der Waals surface area contributed by atoms with Gasteiger partial charge in [0.1, 0.15) is 0 Å². The van der Waals surface area contributed by atoms with E-state index >= 15 is 0 Å². The lowest BCUT2D eigenvalue weighted by Gasteiger charge is -2.30. The van der Waals surface area contributed by atoms with Gasteiger partial charge in [-0.3, -0.25) is 4.90 Å². The quantitative estimate of drug-likeness (QED) is 0.879. The van der Waals surface area contributed by atoms with Crippen LogP contribution in [0, 0.1) is 5.92 Å². The molecule has 2 N–H and O–H groups in total. The summed E-state index contributed by atoms with van der Waals surface area (Å²) in [6.07, 6.45) is 2.75. The molecule has 0 spiro atoms. The van der Waals surface area contributed by atoms with Gasteiger partial charge in [-0.2, -0.15) is 0 Å². The zero-order chi connectivity index (χ0) is 11.7. The number of thiophene rings is 1. The summed E-state index contributed by atoms with van der Waals surface area (Å²) in [7, 11) is 2.17. The number of halogens is 1. The normalized spacial score (nSPS) is 20.1. The Balaban J connectivity index is 2.08. The number of hydrogen-bond donors (Lipinski definition) is 1. The molecule has 4 heteroatoms. The first-order chi connectivity index (χ1) is 7.58. The van der Waals surface area contributed by atoms with Gasteiger partial charge in [-0.25, -0.2) is 0 Å². The summed E-state index contributed by atoms with van der Waals surface area (Å²) in [6.45, 7) is 3.23. The van der Waals surface area contributed by atoms with Gasteiger partial charge in [-0.15, -0.1) is 11.3 Å². The Morgan fingerprint density at radius 1 is 1.56 bits per heavy atom. The summed E-state index contributed by atoms with van der Waals surface area (Å²) in [6, 6.07) is 4.50. The van der Waals surface area contributed by atoms with Crippen LogP contribution in [0.5, 0.6) is 0 Å². The maximum atomic E-state index is 6.10. The van der Waals surface area contributed by atoms with Gasteiger partial charge in [0.25, 0.3) is 0 Å². The van der Waals surface area contributed by atoms with E-state index in [4.69, 9.17) is 17.3 Å². The molecule has 90 valence electrons. The van der Waals surface area contributed by atoms with Gasteiger partial charge >= 0.3 is 0 Å². The van der Waals surface area contributed by atoms with Gasteiger partial charge in [0, 0.05) is 17.5 Å². The van der Waals surface area contributed by atoms with Crippen molar-refractivity contribution >= 4 is 22.9 Å². The molecule has 2 nitrogen and oxygen atoms in total. The molecule has 0 aromatic carbocycles. The first-order valence-electron chi connectivity index (χ1n) is 5.79. The maximum absolute atomic E-state index is 6.10. The lowest BCUT2D eigenvalue weighted by molar-refractivity contribution is 0.214. The van der Waals surface area contributed by atoms with E-state index in [2.05, 4.69) is 24.9 Å². The Labute approximate surface area is 106 Å². The molecule has 2 unspecified atom stereocenters. The van der Waals surface area contributed by atoms with Crippen LogP contribution in [0.1, 0.15) is 30.7 Å². The SMILES string of the molecule is CC(N)C(c1ccc(Cl)s1)N(C)CC1CC1. The standard InChI is InChI=1S/C12H19ClN2S/c1-8(14)12(10-5-6-11(13)16-10)15(2)7-9-3-4-9/h5-6,8-9,12H,3-4,7,14H2,1-2H3. The van der Waals surface area contributed by atoms with Crippen molar-refractivity contribution in [1.29, 1.82) is 0 Å². The highest BCUT2D eigenvalue weighted by Crippen LogP contribution is 2.35. The fourth-order valence-corrected chi connectivity index (χ4v) is 3.53. The molecule has 1 aromatic rings. The van der Waals surface area contributed by atoms with Crippen LogP contribution in [0.15, 0.2) is 12.1 Å². The van der Waals surface area contributed by atoms with Crippen molar-refractivity contribution in [2.75, 3.05) is 13.6 Å². The van der Waals surface area contributed by atoms with Crippen molar-refractivity contribution in [2.45, 2.75) is 31.8 Å². The fraction of sp³-hybridized carbons (Fsp3) is 0.667.